The van der Waals surface area contributed by atoms with Crippen molar-refractivity contribution in [2.24, 2.45) is 0 Å². The third-order valence-electron chi connectivity index (χ3n) is 4.36. The van der Waals surface area contributed by atoms with Gasteiger partial charge in [-0.1, -0.05) is 19.1 Å². The molecule has 0 saturated carbocycles. The first-order valence-electron chi connectivity index (χ1n) is 9.15. The van der Waals surface area contributed by atoms with Crippen LogP contribution in [0.15, 0.2) is 71.9 Å². The van der Waals surface area contributed by atoms with Gasteiger partial charge in [0.05, 0.1) is 10.6 Å². The molecular weight excluding hydrogens is 404 g/mol. The number of nitrogens with one attached hydrogen (secondary N) is 2. The first-order valence-corrected chi connectivity index (χ1v) is 10.6. The molecule has 2 heterocycles. The summed E-state index contributed by atoms with van der Waals surface area (Å²) in [7, 11) is -3.76. The summed E-state index contributed by atoms with van der Waals surface area (Å²) in [6.45, 7) is 1.74. The molecule has 0 spiro atoms. The van der Waals surface area contributed by atoms with Crippen LogP contribution in [0.5, 0.6) is 0 Å². The molecule has 2 aromatic carbocycles. The van der Waals surface area contributed by atoms with Crippen molar-refractivity contribution in [3.05, 3.63) is 67.0 Å². The third kappa shape index (κ3) is 4.13. The van der Waals surface area contributed by atoms with Gasteiger partial charge < -0.3 is 5.32 Å². The smallest absolute Gasteiger partial charge is 0.261 e. The number of rotatable bonds is 6. The lowest BCUT2D eigenvalue weighted by atomic mass is 10.1. The van der Waals surface area contributed by atoms with Gasteiger partial charge in [-0.15, -0.1) is 10.2 Å². The minimum Gasteiger partial charge on any atom is -0.326 e. The molecule has 4 rings (SSSR count). The zero-order valence-electron chi connectivity index (χ0n) is 16.0. The Labute approximate surface area is 172 Å². The monoisotopic (exact) mass is 422 g/mol. The van der Waals surface area contributed by atoms with E-state index in [1.165, 1.54) is 18.5 Å². The fourth-order valence-electron chi connectivity index (χ4n) is 2.77. The Hall–Kier alpha value is -3.79. The average molecular weight is 422 g/mol. The molecule has 0 atom stereocenters. The molecule has 0 saturated heterocycles. The van der Waals surface area contributed by atoms with Gasteiger partial charge in [0.2, 0.25) is 5.91 Å². The maximum absolute atomic E-state index is 12.6. The van der Waals surface area contributed by atoms with E-state index in [1.54, 1.807) is 53.9 Å². The number of hydrogen-bond donors (Lipinski definition) is 2. The number of benzene rings is 2. The Morgan fingerprint density at radius 2 is 1.67 bits per heavy atom. The van der Waals surface area contributed by atoms with E-state index in [0.29, 0.717) is 29.1 Å². The molecule has 1 amide bonds. The number of carbonyl (C=O) groups excluding carboxylic acids is 1. The Bertz CT molecular complexity index is 1300. The van der Waals surface area contributed by atoms with Crippen molar-refractivity contribution in [1.29, 1.82) is 0 Å². The number of nitrogens with zero attached hydrogens (tertiary/aromatic N) is 4. The van der Waals surface area contributed by atoms with Crippen LogP contribution < -0.4 is 10.0 Å². The summed E-state index contributed by atoms with van der Waals surface area (Å²) in [6, 6.07) is 16.5. The molecule has 0 radical (unpaired) electrons. The fraction of sp³-hybridized carbons (Fsp3) is 0.100. The molecule has 30 heavy (non-hydrogen) atoms. The summed E-state index contributed by atoms with van der Waals surface area (Å²) in [4.78, 5) is 11.5. The Kier molecular flexibility index (Phi) is 5.15. The van der Waals surface area contributed by atoms with Crippen molar-refractivity contribution in [3.63, 3.8) is 0 Å². The maximum atomic E-state index is 12.6. The molecule has 2 N–H and O–H groups in total. The number of carbonyl (C=O) groups is 1. The number of anilines is 2. The van der Waals surface area contributed by atoms with Gasteiger partial charge in [0.15, 0.2) is 5.65 Å². The number of hydrogen-bond acceptors (Lipinski definition) is 6. The van der Waals surface area contributed by atoms with E-state index in [9.17, 15) is 13.2 Å². The highest BCUT2D eigenvalue weighted by molar-refractivity contribution is 7.92. The van der Waals surface area contributed by atoms with E-state index >= 15 is 0 Å². The third-order valence-corrected chi connectivity index (χ3v) is 5.76. The summed E-state index contributed by atoms with van der Waals surface area (Å²) >= 11 is 0. The molecule has 0 aliphatic rings. The molecule has 0 fully saturated rings. The van der Waals surface area contributed by atoms with E-state index in [0.717, 1.165) is 5.56 Å². The highest BCUT2D eigenvalue weighted by atomic mass is 32.2. The summed E-state index contributed by atoms with van der Waals surface area (Å²) in [5.74, 6) is -0.137. The van der Waals surface area contributed by atoms with Crippen LogP contribution in [0.1, 0.15) is 13.3 Å². The van der Waals surface area contributed by atoms with Crippen LogP contribution in [0.2, 0.25) is 0 Å². The predicted octanol–water partition coefficient (Wildman–Crippen LogP) is 2.94. The fourth-order valence-corrected chi connectivity index (χ4v) is 3.83. The number of aromatic nitrogens is 4. The first kappa shape index (κ1) is 19.5. The zero-order chi connectivity index (χ0) is 21.1. The van der Waals surface area contributed by atoms with Crippen molar-refractivity contribution in [2.75, 3.05) is 10.0 Å². The maximum Gasteiger partial charge on any atom is 0.261 e. The minimum atomic E-state index is -3.76. The Balaban J connectivity index is 1.49. The van der Waals surface area contributed by atoms with Gasteiger partial charge >= 0.3 is 0 Å². The number of fused-ring (bicyclic) bond motifs is 1. The second-order valence-electron chi connectivity index (χ2n) is 6.46. The molecule has 152 valence electrons. The van der Waals surface area contributed by atoms with Crippen molar-refractivity contribution in [2.45, 2.75) is 18.2 Å². The van der Waals surface area contributed by atoms with Crippen LogP contribution >= 0.6 is 0 Å². The molecule has 9 nitrogen and oxygen atoms in total. The predicted molar refractivity (Wildman–Crippen MR) is 112 cm³/mol. The molecule has 0 unspecified atom stereocenters. The number of amides is 1. The molecule has 0 aliphatic heterocycles. The Morgan fingerprint density at radius 3 is 2.37 bits per heavy atom. The zero-order valence-corrected chi connectivity index (χ0v) is 16.8. The van der Waals surface area contributed by atoms with Crippen LogP contribution in [-0.2, 0) is 14.8 Å². The second kappa shape index (κ2) is 7.91. The van der Waals surface area contributed by atoms with Crippen LogP contribution in [-0.4, -0.2) is 34.1 Å². The highest BCUT2D eigenvalue weighted by Crippen LogP contribution is 2.22. The van der Waals surface area contributed by atoms with E-state index in [1.807, 2.05) is 6.07 Å². The van der Waals surface area contributed by atoms with Gasteiger partial charge in [0, 0.05) is 23.4 Å². The van der Waals surface area contributed by atoms with Gasteiger partial charge in [-0.3, -0.25) is 9.52 Å². The lowest BCUT2D eigenvalue weighted by molar-refractivity contribution is -0.115. The van der Waals surface area contributed by atoms with Crippen LogP contribution in [0.25, 0.3) is 16.9 Å². The standard InChI is InChI=1S/C20H18N6O3S/c1-2-20(27)22-15-7-9-17(10-8-15)30(28,29)25-16-5-3-14(4-6-16)18-11-12-19-23-21-13-26(19)24-18/h3-13,25H,2H2,1H3,(H,22,27). The van der Waals surface area contributed by atoms with E-state index in [4.69, 9.17) is 0 Å². The summed E-state index contributed by atoms with van der Waals surface area (Å²) in [5, 5.41) is 14.8. The van der Waals surface area contributed by atoms with Crippen LogP contribution in [0.4, 0.5) is 11.4 Å². The molecule has 0 aliphatic carbocycles. The number of sulfonamides is 1. The van der Waals surface area contributed by atoms with Crippen molar-refractivity contribution in [1.82, 2.24) is 19.8 Å². The van der Waals surface area contributed by atoms with Gasteiger partial charge in [0.25, 0.3) is 10.0 Å². The lowest BCUT2D eigenvalue weighted by Crippen LogP contribution is -2.13. The molecule has 2 aromatic heterocycles. The van der Waals surface area contributed by atoms with Crippen molar-refractivity contribution < 1.29 is 13.2 Å². The van der Waals surface area contributed by atoms with Gasteiger partial charge in [-0.25, -0.2) is 8.42 Å². The topological polar surface area (TPSA) is 118 Å². The van der Waals surface area contributed by atoms with E-state index in [2.05, 4.69) is 25.3 Å². The summed E-state index contributed by atoms with van der Waals surface area (Å²) in [6.07, 6.45) is 1.86. The van der Waals surface area contributed by atoms with E-state index < -0.39 is 10.0 Å². The molecule has 4 aromatic rings. The largest absolute Gasteiger partial charge is 0.326 e. The summed E-state index contributed by atoms with van der Waals surface area (Å²) in [5.41, 5.74) is 3.14. The molecule has 0 bridgehead atoms. The van der Waals surface area contributed by atoms with Gasteiger partial charge in [0.1, 0.15) is 6.33 Å². The molecular formula is C20H18N6O3S. The van der Waals surface area contributed by atoms with Crippen molar-refractivity contribution >= 4 is 33.0 Å². The highest BCUT2D eigenvalue weighted by Gasteiger charge is 2.14. The van der Waals surface area contributed by atoms with Crippen LogP contribution in [0, 0.1) is 0 Å². The quantitative estimate of drug-likeness (QED) is 0.493. The minimum absolute atomic E-state index is 0.0980. The average Bonchev–Trinajstić information content (AvgIpc) is 3.22. The normalized spacial score (nSPS) is 11.4. The lowest BCUT2D eigenvalue weighted by Gasteiger charge is -2.10. The first-order chi connectivity index (χ1) is 14.4. The van der Waals surface area contributed by atoms with Crippen molar-refractivity contribution in [3.8, 4) is 11.3 Å². The summed E-state index contributed by atoms with van der Waals surface area (Å²) < 4.78 is 29.4. The van der Waals surface area contributed by atoms with Gasteiger partial charge in [-0.05, 0) is 48.5 Å². The van der Waals surface area contributed by atoms with Gasteiger partial charge in [-0.2, -0.15) is 9.61 Å². The second-order valence-corrected chi connectivity index (χ2v) is 8.14. The SMILES string of the molecule is CCC(=O)Nc1ccc(S(=O)(=O)Nc2ccc(-c3ccc4nncn4n3)cc2)cc1. The molecule has 10 heteroatoms. The van der Waals surface area contributed by atoms with Crippen LogP contribution in [0.3, 0.4) is 0 Å². The Morgan fingerprint density at radius 1 is 0.967 bits per heavy atom. The van der Waals surface area contributed by atoms with E-state index in [-0.39, 0.29) is 10.8 Å².